The minimum atomic E-state index is -0.857. The molecule has 10 heteroatoms. The molecule has 0 saturated heterocycles. The van der Waals surface area contributed by atoms with Crippen LogP contribution < -0.4 is 20.2 Å². The molecule has 34 heavy (non-hydrogen) atoms. The highest BCUT2D eigenvalue weighted by Gasteiger charge is 2.14. The Morgan fingerprint density at radius 1 is 1.12 bits per heavy atom. The molecule has 0 heterocycles. The summed E-state index contributed by atoms with van der Waals surface area (Å²) in [6.45, 7) is -0.387. The lowest BCUT2D eigenvalue weighted by atomic mass is 10.1. The Hall–Kier alpha value is -4.78. The average Bonchev–Trinajstić information content (AvgIpc) is 2.84. The number of hydrogen-bond donors (Lipinski definition) is 2. The number of hydrogen-bond acceptors (Lipinski definition) is 6. The summed E-state index contributed by atoms with van der Waals surface area (Å²) in [5, 5.41) is 15.2. The highest BCUT2D eigenvalue weighted by atomic mass is 19.1. The van der Waals surface area contributed by atoms with E-state index in [0.29, 0.717) is 17.0 Å². The number of anilines is 1. The van der Waals surface area contributed by atoms with Crippen LogP contribution >= 0.6 is 0 Å². The number of carbonyl (C=O) groups is 2. The largest absolute Gasteiger partial charge is 0.493 e. The van der Waals surface area contributed by atoms with Crippen LogP contribution in [0.4, 0.5) is 14.5 Å². The van der Waals surface area contributed by atoms with Crippen molar-refractivity contribution in [1.29, 1.82) is 5.26 Å². The lowest BCUT2D eigenvalue weighted by Crippen LogP contribution is -2.21. The smallest absolute Gasteiger partial charge is 0.274 e. The Labute approximate surface area is 193 Å². The van der Waals surface area contributed by atoms with Crippen molar-refractivity contribution in [2.75, 3.05) is 19.0 Å². The Bertz CT molecular complexity index is 1270. The molecule has 3 aromatic rings. The van der Waals surface area contributed by atoms with E-state index in [-0.39, 0.29) is 23.5 Å². The fraction of sp³-hybridized carbons (Fsp3) is 0.0833. The molecule has 0 saturated carbocycles. The maximum absolute atomic E-state index is 14.0. The molecule has 0 fully saturated rings. The van der Waals surface area contributed by atoms with Crippen molar-refractivity contribution in [2.45, 2.75) is 0 Å². The van der Waals surface area contributed by atoms with Gasteiger partial charge >= 0.3 is 0 Å². The monoisotopic (exact) mass is 464 g/mol. The fourth-order valence-corrected chi connectivity index (χ4v) is 2.81. The van der Waals surface area contributed by atoms with Crippen LogP contribution in [0.5, 0.6) is 11.5 Å². The molecule has 0 atom stereocenters. The van der Waals surface area contributed by atoms with Crippen molar-refractivity contribution >= 4 is 23.7 Å². The molecule has 3 rings (SSSR count). The number of halogens is 2. The second-order valence-corrected chi connectivity index (χ2v) is 6.73. The van der Waals surface area contributed by atoms with Crippen molar-refractivity contribution in [3.05, 3.63) is 89.0 Å². The number of rotatable bonds is 8. The Kier molecular flexibility index (Phi) is 7.86. The molecular formula is C24H18F2N4O4. The summed E-state index contributed by atoms with van der Waals surface area (Å²) in [6, 6.07) is 15.3. The van der Waals surface area contributed by atoms with Gasteiger partial charge in [0.05, 0.1) is 30.5 Å². The van der Waals surface area contributed by atoms with E-state index in [1.807, 2.05) is 0 Å². The zero-order valence-corrected chi connectivity index (χ0v) is 17.8. The molecule has 3 aromatic carbocycles. The maximum Gasteiger partial charge on any atom is 0.274 e. The summed E-state index contributed by atoms with van der Waals surface area (Å²) in [7, 11) is 1.41. The van der Waals surface area contributed by atoms with Gasteiger partial charge in [-0.25, -0.2) is 14.2 Å². The average molecular weight is 464 g/mol. The molecule has 0 bridgehead atoms. The predicted octanol–water partition coefficient (Wildman–Crippen LogP) is 3.63. The lowest BCUT2D eigenvalue weighted by Gasteiger charge is -2.13. The zero-order valence-electron chi connectivity index (χ0n) is 17.8. The van der Waals surface area contributed by atoms with Gasteiger partial charge in [-0.2, -0.15) is 10.4 Å². The van der Waals surface area contributed by atoms with E-state index in [0.717, 1.165) is 6.07 Å². The molecular weight excluding hydrogens is 446 g/mol. The van der Waals surface area contributed by atoms with E-state index in [4.69, 9.17) is 14.7 Å². The highest BCUT2D eigenvalue weighted by Crippen LogP contribution is 2.30. The minimum Gasteiger partial charge on any atom is -0.493 e. The molecule has 172 valence electrons. The van der Waals surface area contributed by atoms with Crippen molar-refractivity contribution in [3.63, 3.8) is 0 Å². The first-order valence-electron chi connectivity index (χ1n) is 9.79. The second-order valence-electron chi connectivity index (χ2n) is 6.73. The number of benzene rings is 3. The zero-order chi connectivity index (χ0) is 24.5. The minimum absolute atomic E-state index is 0.0826. The van der Waals surface area contributed by atoms with E-state index in [1.54, 1.807) is 24.3 Å². The van der Waals surface area contributed by atoms with Gasteiger partial charge in [0, 0.05) is 11.3 Å². The number of amides is 2. The first-order chi connectivity index (χ1) is 16.4. The van der Waals surface area contributed by atoms with E-state index in [9.17, 15) is 18.4 Å². The first-order valence-corrected chi connectivity index (χ1v) is 9.79. The van der Waals surface area contributed by atoms with Crippen LogP contribution in [0, 0.1) is 23.0 Å². The van der Waals surface area contributed by atoms with Crippen LogP contribution in [0.25, 0.3) is 0 Å². The van der Waals surface area contributed by atoms with Gasteiger partial charge in [0.25, 0.3) is 11.8 Å². The van der Waals surface area contributed by atoms with Crippen LogP contribution in [0.1, 0.15) is 21.5 Å². The maximum atomic E-state index is 14.0. The summed E-state index contributed by atoms with van der Waals surface area (Å²) in [4.78, 5) is 24.4. The Morgan fingerprint density at radius 3 is 2.56 bits per heavy atom. The van der Waals surface area contributed by atoms with Crippen LogP contribution in [0.3, 0.4) is 0 Å². The molecule has 0 aliphatic heterocycles. The van der Waals surface area contributed by atoms with E-state index in [1.165, 1.54) is 49.7 Å². The normalized spacial score (nSPS) is 10.4. The number of ether oxygens (including phenoxy) is 2. The molecule has 0 spiro atoms. The lowest BCUT2D eigenvalue weighted by molar-refractivity contribution is -0.118. The molecule has 2 amide bonds. The second kappa shape index (κ2) is 11.2. The molecule has 0 radical (unpaired) electrons. The third-order valence-corrected chi connectivity index (χ3v) is 4.42. The molecule has 2 N–H and O–H groups in total. The van der Waals surface area contributed by atoms with Gasteiger partial charge in [0.1, 0.15) is 11.6 Å². The number of methoxy groups -OCH3 is 1. The van der Waals surface area contributed by atoms with Gasteiger partial charge in [-0.3, -0.25) is 9.59 Å². The summed E-state index contributed by atoms with van der Waals surface area (Å²) < 4.78 is 37.9. The number of carbonyl (C=O) groups excluding carboxylic acids is 2. The number of nitrogens with one attached hydrogen (secondary N) is 2. The molecule has 0 unspecified atom stereocenters. The van der Waals surface area contributed by atoms with E-state index in [2.05, 4.69) is 15.8 Å². The predicted molar refractivity (Wildman–Crippen MR) is 120 cm³/mol. The van der Waals surface area contributed by atoms with Crippen molar-refractivity contribution in [1.82, 2.24) is 5.43 Å². The summed E-state index contributed by atoms with van der Waals surface area (Å²) >= 11 is 0. The van der Waals surface area contributed by atoms with E-state index >= 15 is 0 Å². The van der Waals surface area contributed by atoms with Gasteiger partial charge in [0.2, 0.25) is 0 Å². The van der Waals surface area contributed by atoms with E-state index < -0.39 is 23.4 Å². The standard InChI is InChI=1S/C24H18F2N4O4/c1-33-21-4-2-3-16(13-28-30-24(32)19-10-5-15(12-27)11-20(19)26)23(21)34-14-22(31)29-18-8-6-17(25)7-9-18/h2-11,13H,14H2,1H3,(H,29,31)(H,30,32)/b28-13-. The van der Waals surface area contributed by atoms with Gasteiger partial charge in [-0.1, -0.05) is 6.07 Å². The van der Waals surface area contributed by atoms with Crippen molar-refractivity contribution in [2.24, 2.45) is 5.10 Å². The highest BCUT2D eigenvalue weighted by molar-refractivity contribution is 5.96. The Morgan fingerprint density at radius 2 is 1.88 bits per heavy atom. The molecule has 0 aromatic heterocycles. The number of para-hydroxylation sites is 1. The SMILES string of the molecule is COc1cccc(/C=N\NC(=O)c2ccc(C#N)cc2F)c1OCC(=O)Nc1ccc(F)cc1. The molecule has 0 aliphatic carbocycles. The molecule has 0 aliphatic rings. The van der Waals surface area contributed by atoms with Crippen LogP contribution in [-0.4, -0.2) is 31.7 Å². The number of nitrogens with zero attached hydrogens (tertiary/aromatic N) is 2. The summed E-state index contributed by atoms with van der Waals surface area (Å²) in [6.07, 6.45) is 1.25. The molecule has 8 nitrogen and oxygen atoms in total. The third-order valence-electron chi connectivity index (χ3n) is 4.42. The van der Waals surface area contributed by atoms with Crippen molar-refractivity contribution < 1.29 is 27.8 Å². The fourth-order valence-electron chi connectivity index (χ4n) is 2.81. The van der Waals surface area contributed by atoms with Crippen LogP contribution in [0.15, 0.2) is 65.8 Å². The van der Waals surface area contributed by atoms with Crippen LogP contribution in [0.2, 0.25) is 0 Å². The van der Waals surface area contributed by atoms with Gasteiger partial charge in [-0.15, -0.1) is 0 Å². The van der Waals surface area contributed by atoms with Crippen molar-refractivity contribution in [3.8, 4) is 17.6 Å². The Balaban J connectivity index is 1.68. The summed E-state index contributed by atoms with van der Waals surface area (Å²) in [5.41, 5.74) is 2.76. The third kappa shape index (κ3) is 6.14. The van der Waals surface area contributed by atoms with Gasteiger partial charge in [-0.05, 0) is 54.6 Å². The first kappa shape index (κ1) is 23.9. The van der Waals surface area contributed by atoms with Gasteiger partial charge in [0.15, 0.2) is 18.1 Å². The van der Waals surface area contributed by atoms with Gasteiger partial charge < -0.3 is 14.8 Å². The quantitative estimate of drug-likeness (QED) is 0.391. The van der Waals surface area contributed by atoms with Crippen LogP contribution in [-0.2, 0) is 4.79 Å². The number of nitriles is 1. The topological polar surface area (TPSA) is 113 Å². The summed E-state index contributed by atoms with van der Waals surface area (Å²) in [5.74, 6) is -2.11. The number of hydrazone groups is 1.